The number of nitrogens with zero attached hydrogens (tertiary/aromatic N) is 9. The molecule has 1 aromatic carbocycles. The number of halogens is 2. The number of carbonyl (C=O) groups excluding carboxylic acids is 1. The average Bonchev–Trinajstić information content (AvgIpc) is 3.44. The average molecular weight is 568 g/mol. The van der Waals surface area contributed by atoms with Crippen molar-refractivity contribution < 1.29 is 23.4 Å². The van der Waals surface area contributed by atoms with Crippen molar-refractivity contribution in [1.82, 2.24) is 34.4 Å². The summed E-state index contributed by atoms with van der Waals surface area (Å²) < 4.78 is 34.8. The Morgan fingerprint density at radius 3 is 2.17 bits per heavy atom. The van der Waals surface area contributed by atoms with Gasteiger partial charge in [-0.1, -0.05) is 13.0 Å². The Morgan fingerprint density at radius 1 is 0.951 bits per heavy atom. The Kier molecular flexibility index (Phi) is 8.77. The first-order valence-electron chi connectivity index (χ1n) is 13.4. The minimum Gasteiger partial charge on any atom is -0.506 e. The number of para-hydroxylation sites is 1. The minimum atomic E-state index is -2.90. The van der Waals surface area contributed by atoms with Crippen LogP contribution in [0.1, 0.15) is 25.6 Å². The molecule has 2 fully saturated rings. The number of fused-ring (bicyclic) bond motifs is 1. The number of phenolic OH excluding ortho intramolecular Hbond substituents is 1. The van der Waals surface area contributed by atoms with Crippen molar-refractivity contribution >= 4 is 28.6 Å². The summed E-state index contributed by atoms with van der Waals surface area (Å²) in [5.41, 5.74) is 0.361. The van der Waals surface area contributed by atoms with E-state index in [0.29, 0.717) is 76.1 Å². The number of carbonyl (C=O) groups is 1. The van der Waals surface area contributed by atoms with Gasteiger partial charge in [0.25, 0.3) is 6.43 Å². The second kappa shape index (κ2) is 12.8. The number of benzene rings is 1. The third kappa shape index (κ3) is 6.32. The highest BCUT2D eigenvalue weighted by atomic mass is 19.3. The fourth-order valence-electron chi connectivity index (χ4n) is 4.75. The van der Waals surface area contributed by atoms with Crippen LogP contribution in [0.4, 0.5) is 20.4 Å². The number of aromatic nitrogens is 6. The number of phenols is 1. The van der Waals surface area contributed by atoms with E-state index in [9.17, 15) is 18.7 Å². The van der Waals surface area contributed by atoms with Crippen LogP contribution < -0.4 is 9.80 Å². The van der Waals surface area contributed by atoms with Gasteiger partial charge in [-0.05, 0) is 18.2 Å². The van der Waals surface area contributed by atoms with E-state index >= 15 is 0 Å². The maximum absolute atomic E-state index is 14.1. The van der Waals surface area contributed by atoms with Gasteiger partial charge >= 0.3 is 0 Å². The standard InChI is InChI=1S/C23H27F2N7O3.C4H4N2/c1-2-19(34)31-8-6-29(7-9-31)17-14-18(30-10-12-35-13-11-30)27-23(26-17)32-15-4-3-5-16(33)20(15)28-22(32)21(24)25;1-2-5-4-6-3-1/h3-5,14,21,33H,2,6-13H2,1H3;1-4H. The van der Waals surface area contributed by atoms with Gasteiger partial charge in [-0.2, -0.15) is 9.97 Å². The predicted octanol–water partition coefficient (Wildman–Crippen LogP) is 2.83. The molecule has 0 atom stereocenters. The maximum atomic E-state index is 14.1. The van der Waals surface area contributed by atoms with Crippen molar-refractivity contribution in [3.63, 3.8) is 0 Å². The number of ether oxygens (including phenoxy) is 1. The first kappa shape index (κ1) is 28.1. The van der Waals surface area contributed by atoms with Crippen molar-refractivity contribution in [2.45, 2.75) is 19.8 Å². The molecule has 5 heterocycles. The van der Waals surface area contributed by atoms with Crippen LogP contribution in [0.2, 0.25) is 0 Å². The molecule has 216 valence electrons. The third-order valence-electron chi connectivity index (χ3n) is 6.84. The van der Waals surface area contributed by atoms with E-state index in [-0.39, 0.29) is 23.1 Å². The van der Waals surface area contributed by atoms with Gasteiger partial charge in [0.2, 0.25) is 11.9 Å². The van der Waals surface area contributed by atoms with Gasteiger partial charge in [-0.15, -0.1) is 0 Å². The highest BCUT2D eigenvalue weighted by Gasteiger charge is 2.27. The summed E-state index contributed by atoms with van der Waals surface area (Å²) in [6.45, 7) is 6.40. The Hall–Kier alpha value is -4.46. The molecule has 0 spiro atoms. The molecule has 14 heteroatoms. The SMILES string of the molecule is CCC(=O)N1CCN(c2cc(N3CCOCC3)nc(-n3c(C(F)F)nc4c(O)cccc43)n2)CC1.c1cncnc1. The Balaban J connectivity index is 0.000000500. The Labute approximate surface area is 235 Å². The van der Waals surface area contributed by atoms with Gasteiger partial charge in [0.15, 0.2) is 5.82 Å². The molecule has 0 aliphatic carbocycles. The van der Waals surface area contributed by atoms with E-state index in [0.717, 1.165) is 0 Å². The minimum absolute atomic E-state index is 0.0551. The molecule has 2 aliphatic rings. The number of rotatable bonds is 5. The summed E-state index contributed by atoms with van der Waals surface area (Å²) in [5, 5.41) is 10.2. The number of alkyl halides is 2. The summed E-state index contributed by atoms with van der Waals surface area (Å²) in [5.74, 6) is 0.618. The molecular formula is C27H31F2N9O3. The lowest BCUT2D eigenvalue weighted by atomic mass is 10.2. The van der Waals surface area contributed by atoms with Crippen molar-refractivity contribution in [1.29, 1.82) is 0 Å². The number of morpholine rings is 1. The molecule has 2 saturated heterocycles. The van der Waals surface area contributed by atoms with Gasteiger partial charge in [0.1, 0.15) is 29.2 Å². The number of piperazine rings is 1. The zero-order valence-electron chi connectivity index (χ0n) is 22.6. The van der Waals surface area contributed by atoms with E-state index in [2.05, 4.69) is 24.9 Å². The maximum Gasteiger partial charge on any atom is 0.296 e. The Bertz CT molecular complexity index is 1430. The fourth-order valence-corrected chi connectivity index (χ4v) is 4.75. The van der Waals surface area contributed by atoms with Gasteiger partial charge in [-0.25, -0.2) is 23.7 Å². The smallest absolute Gasteiger partial charge is 0.296 e. The van der Waals surface area contributed by atoms with Crippen molar-refractivity contribution in [2.24, 2.45) is 0 Å². The quantitative estimate of drug-likeness (QED) is 0.385. The van der Waals surface area contributed by atoms with Gasteiger partial charge < -0.3 is 24.5 Å². The molecule has 41 heavy (non-hydrogen) atoms. The molecule has 6 rings (SSSR count). The molecular weight excluding hydrogens is 536 g/mol. The summed E-state index contributed by atoms with van der Waals surface area (Å²) >= 11 is 0. The lowest BCUT2D eigenvalue weighted by Crippen LogP contribution is -2.49. The van der Waals surface area contributed by atoms with Crippen LogP contribution in [0.3, 0.4) is 0 Å². The number of amides is 1. The molecule has 0 radical (unpaired) electrons. The van der Waals surface area contributed by atoms with E-state index in [1.54, 1.807) is 30.6 Å². The van der Waals surface area contributed by atoms with Gasteiger partial charge in [0.05, 0.1) is 18.7 Å². The van der Waals surface area contributed by atoms with Crippen LogP contribution in [0, 0.1) is 0 Å². The summed E-state index contributed by atoms with van der Waals surface area (Å²) in [6.07, 6.45) is 2.43. The first-order chi connectivity index (χ1) is 20.0. The largest absolute Gasteiger partial charge is 0.506 e. The number of imidazole rings is 1. The normalized spacial score (nSPS) is 15.7. The van der Waals surface area contributed by atoms with Crippen LogP contribution in [-0.2, 0) is 9.53 Å². The summed E-state index contributed by atoms with van der Waals surface area (Å²) in [4.78, 5) is 38.7. The van der Waals surface area contributed by atoms with Crippen LogP contribution >= 0.6 is 0 Å². The highest BCUT2D eigenvalue weighted by molar-refractivity contribution is 5.83. The number of aromatic hydroxyl groups is 1. The van der Waals surface area contributed by atoms with Crippen LogP contribution in [0.25, 0.3) is 17.0 Å². The third-order valence-corrected chi connectivity index (χ3v) is 6.84. The van der Waals surface area contributed by atoms with Crippen LogP contribution in [0.5, 0.6) is 5.75 Å². The lowest BCUT2D eigenvalue weighted by Gasteiger charge is -2.36. The van der Waals surface area contributed by atoms with Crippen LogP contribution in [0.15, 0.2) is 49.1 Å². The molecule has 4 aromatic rings. The molecule has 1 N–H and O–H groups in total. The van der Waals surface area contributed by atoms with Gasteiger partial charge in [0, 0.05) is 64.1 Å². The lowest BCUT2D eigenvalue weighted by molar-refractivity contribution is -0.131. The molecule has 0 saturated carbocycles. The monoisotopic (exact) mass is 567 g/mol. The first-order valence-corrected chi connectivity index (χ1v) is 13.4. The topological polar surface area (TPSA) is 126 Å². The van der Waals surface area contributed by atoms with Crippen LogP contribution in [-0.4, -0.2) is 97.9 Å². The van der Waals surface area contributed by atoms with Crippen molar-refractivity contribution in [3.05, 3.63) is 54.9 Å². The van der Waals surface area contributed by atoms with E-state index in [1.165, 1.54) is 17.0 Å². The molecule has 1 amide bonds. The molecule has 0 bridgehead atoms. The summed E-state index contributed by atoms with van der Waals surface area (Å²) in [6, 6.07) is 8.21. The van der Waals surface area contributed by atoms with Crippen molar-refractivity contribution in [2.75, 3.05) is 62.3 Å². The van der Waals surface area contributed by atoms with E-state index in [4.69, 9.17) is 4.74 Å². The predicted molar refractivity (Wildman–Crippen MR) is 147 cm³/mol. The fraction of sp³-hybridized carbons (Fsp3) is 0.407. The second-order valence-electron chi connectivity index (χ2n) is 9.36. The van der Waals surface area contributed by atoms with Gasteiger partial charge in [-0.3, -0.25) is 9.36 Å². The van der Waals surface area contributed by atoms with Crippen molar-refractivity contribution in [3.8, 4) is 11.7 Å². The van der Waals surface area contributed by atoms with E-state index < -0.39 is 12.2 Å². The zero-order chi connectivity index (χ0) is 28.8. The number of anilines is 2. The number of hydrogen-bond acceptors (Lipinski definition) is 10. The second-order valence-corrected chi connectivity index (χ2v) is 9.36. The number of hydrogen-bond donors (Lipinski definition) is 1. The van der Waals surface area contributed by atoms with E-state index in [1.807, 2.05) is 27.7 Å². The molecule has 3 aromatic heterocycles. The molecule has 2 aliphatic heterocycles. The molecule has 12 nitrogen and oxygen atoms in total. The zero-order valence-corrected chi connectivity index (χ0v) is 22.6. The summed E-state index contributed by atoms with van der Waals surface area (Å²) in [7, 11) is 0. The Morgan fingerprint density at radius 2 is 1.61 bits per heavy atom. The highest BCUT2D eigenvalue weighted by Crippen LogP contribution is 2.32. The molecule has 0 unspecified atom stereocenters.